The van der Waals surface area contributed by atoms with Crippen LogP contribution in [0.4, 0.5) is 0 Å². The van der Waals surface area contributed by atoms with Crippen LogP contribution in [0.15, 0.2) is 36.6 Å². The van der Waals surface area contributed by atoms with Gasteiger partial charge in [-0.3, -0.25) is 0 Å². The first-order chi connectivity index (χ1) is 11.9. The van der Waals surface area contributed by atoms with E-state index >= 15 is 0 Å². The van der Waals surface area contributed by atoms with Gasteiger partial charge in [0.15, 0.2) is 0 Å². The number of hydrogen-bond donors (Lipinski definition) is 0. The summed E-state index contributed by atoms with van der Waals surface area (Å²) < 4.78 is 0. The molecule has 138 valence electrons. The van der Waals surface area contributed by atoms with E-state index in [1.54, 1.807) is 0 Å². The monoisotopic (exact) mass is 331 g/mol. The quantitative estimate of drug-likeness (QED) is 0.266. The summed E-state index contributed by atoms with van der Waals surface area (Å²) in [4.78, 5) is 2.41. The Hall–Kier alpha value is -0.980. The number of allylic oxidation sites excluding steroid dienone is 3. The third-order valence-electron chi connectivity index (χ3n) is 5.07. The normalized spacial score (nSPS) is 14.0. The van der Waals surface area contributed by atoms with Crippen molar-refractivity contribution in [2.75, 3.05) is 13.1 Å². The minimum Gasteiger partial charge on any atom is -0.374 e. The predicted octanol–water partition coefficient (Wildman–Crippen LogP) is 7.41. The Labute approximate surface area is 151 Å². The van der Waals surface area contributed by atoms with Crippen LogP contribution in [0.3, 0.4) is 0 Å². The van der Waals surface area contributed by atoms with Crippen LogP contribution in [0, 0.1) is 0 Å². The molecule has 1 nitrogen and oxygen atoms in total. The van der Waals surface area contributed by atoms with Crippen LogP contribution in [-0.4, -0.2) is 18.0 Å². The van der Waals surface area contributed by atoms with Crippen LogP contribution in [-0.2, 0) is 0 Å². The molecule has 0 amide bonds. The molecule has 1 rings (SSSR count). The van der Waals surface area contributed by atoms with Crippen LogP contribution in [0.2, 0.25) is 0 Å². The average Bonchev–Trinajstić information content (AvgIpc) is 2.62. The fourth-order valence-corrected chi connectivity index (χ4v) is 3.37. The summed E-state index contributed by atoms with van der Waals surface area (Å²) >= 11 is 0. The number of nitrogens with zero attached hydrogens (tertiary/aromatic N) is 1. The lowest BCUT2D eigenvalue weighted by molar-refractivity contribution is 0.391. The van der Waals surface area contributed by atoms with Crippen LogP contribution in [0.5, 0.6) is 0 Å². The third-order valence-corrected chi connectivity index (χ3v) is 5.07. The second-order valence-electron chi connectivity index (χ2n) is 7.32. The summed E-state index contributed by atoms with van der Waals surface area (Å²) in [7, 11) is 0. The van der Waals surface area contributed by atoms with Gasteiger partial charge in [-0.2, -0.15) is 0 Å². The van der Waals surface area contributed by atoms with Crippen LogP contribution >= 0.6 is 0 Å². The van der Waals surface area contributed by atoms with Gasteiger partial charge in [-0.25, -0.2) is 0 Å². The van der Waals surface area contributed by atoms with Crippen molar-refractivity contribution < 1.29 is 0 Å². The van der Waals surface area contributed by atoms with Gasteiger partial charge in [-0.05, 0) is 24.3 Å². The van der Waals surface area contributed by atoms with E-state index in [2.05, 4.69) is 36.8 Å². The number of hydrogen-bond acceptors (Lipinski definition) is 1. The predicted molar refractivity (Wildman–Crippen MR) is 109 cm³/mol. The molecule has 1 heterocycles. The summed E-state index contributed by atoms with van der Waals surface area (Å²) in [6.45, 7) is 8.36. The summed E-state index contributed by atoms with van der Waals surface area (Å²) in [6, 6.07) is 0. The number of unbranched alkanes of at least 4 members (excludes halogenated alkanes) is 13. The van der Waals surface area contributed by atoms with E-state index in [0.29, 0.717) is 0 Å². The molecule has 0 saturated carbocycles. The van der Waals surface area contributed by atoms with Crippen molar-refractivity contribution in [3.05, 3.63) is 36.6 Å². The molecule has 0 atom stereocenters. The molecule has 0 fully saturated rings. The molecular weight excluding hydrogens is 290 g/mol. The molecule has 1 heteroatoms. The SMILES string of the molecule is C=CC1=CCN(CCCCCCCCCCCCCCCC)C=C1. The van der Waals surface area contributed by atoms with Gasteiger partial charge in [0.05, 0.1) is 0 Å². The molecule has 0 saturated heterocycles. The molecule has 0 aromatic heterocycles. The lowest BCUT2D eigenvalue weighted by Crippen LogP contribution is -2.20. The van der Waals surface area contributed by atoms with Gasteiger partial charge in [0.25, 0.3) is 0 Å². The summed E-state index contributed by atoms with van der Waals surface area (Å²) in [5.41, 5.74) is 1.26. The Morgan fingerprint density at radius 1 is 0.833 bits per heavy atom. The topological polar surface area (TPSA) is 3.24 Å². The maximum atomic E-state index is 3.81. The van der Waals surface area contributed by atoms with Gasteiger partial charge >= 0.3 is 0 Å². The first-order valence-electron chi connectivity index (χ1n) is 10.6. The maximum Gasteiger partial charge on any atom is 0.0362 e. The Balaban J connectivity index is 1.76. The highest BCUT2D eigenvalue weighted by molar-refractivity contribution is 5.31. The lowest BCUT2D eigenvalue weighted by atomic mass is 10.0. The molecule has 1 aliphatic rings. The zero-order chi connectivity index (χ0) is 17.3. The highest BCUT2D eigenvalue weighted by Gasteiger charge is 2.02. The van der Waals surface area contributed by atoms with Crippen molar-refractivity contribution in [3.63, 3.8) is 0 Å². The molecule has 0 aromatic rings. The lowest BCUT2D eigenvalue weighted by Gasteiger charge is -2.21. The van der Waals surface area contributed by atoms with Crippen molar-refractivity contribution in [2.24, 2.45) is 0 Å². The fourth-order valence-electron chi connectivity index (χ4n) is 3.37. The molecule has 0 radical (unpaired) electrons. The zero-order valence-corrected chi connectivity index (χ0v) is 16.3. The van der Waals surface area contributed by atoms with Gasteiger partial charge in [0.1, 0.15) is 0 Å². The summed E-state index contributed by atoms with van der Waals surface area (Å²) in [5.74, 6) is 0. The van der Waals surface area contributed by atoms with E-state index in [1.165, 1.54) is 102 Å². The summed E-state index contributed by atoms with van der Waals surface area (Å²) in [5, 5.41) is 0. The van der Waals surface area contributed by atoms with Gasteiger partial charge in [-0.1, -0.05) is 109 Å². The summed E-state index contributed by atoms with van der Waals surface area (Å²) in [6.07, 6.45) is 28.6. The van der Waals surface area contributed by atoms with Crippen LogP contribution in [0.1, 0.15) is 96.8 Å². The van der Waals surface area contributed by atoms with Crippen molar-refractivity contribution in [1.29, 1.82) is 0 Å². The van der Waals surface area contributed by atoms with E-state index in [1.807, 2.05) is 6.08 Å². The minimum absolute atomic E-state index is 1.05. The van der Waals surface area contributed by atoms with E-state index in [-0.39, 0.29) is 0 Å². The molecule has 0 bridgehead atoms. The van der Waals surface area contributed by atoms with Crippen LogP contribution in [0.25, 0.3) is 0 Å². The van der Waals surface area contributed by atoms with E-state index < -0.39 is 0 Å². The Morgan fingerprint density at radius 3 is 1.75 bits per heavy atom. The van der Waals surface area contributed by atoms with E-state index in [9.17, 15) is 0 Å². The first kappa shape index (κ1) is 21.1. The van der Waals surface area contributed by atoms with Crippen molar-refractivity contribution in [3.8, 4) is 0 Å². The standard InChI is InChI=1S/C23H41N/c1-3-5-6-7-8-9-10-11-12-13-14-15-16-17-20-24-21-18-23(4-2)19-22-24/h4,18-19,21H,2-3,5-17,20,22H2,1H3. The van der Waals surface area contributed by atoms with Gasteiger partial charge < -0.3 is 4.90 Å². The van der Waals surface area contributed by atoms with Gasteiger partial charge in [0.2, 0.25) is 0 Å². The van der Waals surface area contributed by atoms with Crippen molar-refractivity contribution in [2.45, 2.75) is 96.8 Å². The van der Waals surface area contributed by atoms with E-state index in [4.69, 9.17) is 0 Å². The van der Waals surface area contributed by atoms with Crippen molar-refractivity contribution >= 4 is 0 Å². The Kier molecular flexibility index (Phi) is 13.6. The number of rotatable bonds is 16. The Bertz CT molecular complexity index is 353. The smallest absolute Gasteiger partial charge is 0.0362 e. The van der Waals surface area contributed by atoms with E-state index in [0.717, 1.165) is 6.54 Å². The molecular formula is C23H41N. The Morgan fingerprint density at radius 2 is 1.33 bits per heavy atom. The highest BCUT2D eigenvalue weighted by Crippen LogP contribution is 2.14. The molecule has 0 aliphatic carbocycles. The average molecular weight is 332 g/mol. The van der Waals surface area contributed by atoms with Gasteiger partial charge in [0, 0.05) is 13.1 Å². The first-order valence-corrected chi connectivity index (χ1v) is 10.6. The maximum absolute atomic E-state index is 3.81. The largest absolute Gasteiger partial charge is 0.374 e. The van der Waals surface area contributed by atoms with Crippen molar-refractivity contribution in [1.82, 2.24) is 4.90 Å². The zero-order valence-electron chi connectivity index (χ0n) is 16.3. The minimum atomic E-state index is 1.05. The molecule has 24 heavy (non-hydrogen) atoms. The second-order valence-corrected chi connectivity index (χ2v) is 7.32. The second kappa shape index (κ2) is 15.5. The van der Waals surface area contributed by atoms with Gasteiger partial charge in [-0.15, -0.1) is 0 Å². The molecule has 0 spiro atoms. The molecule has 0 aromatic carbocycles. The molecule has 1 aliphatic heterocycles. The van der Waals surface area contributed by atoms with Crippen LogP contribution < -0.4 is 0 Å². The molecule has 0 unspecified atom stereocenters. The molecule has 0 N–H and O–H groups in total. The third kappa shape index (κ3) is 11.5. The fraction of sp³-hybridized carbons (Fsp3) is 0.739. The highest BCUT2D eigenvalue weighted by atomic mass is 15.1.